The summed E-state index contributed by atoms with van der Waals surface area (Å²) in [6, 6.07) is 18.6. The van der Waals surface area contributed by atoms with E-state index in [4.69, 9.17) is 14.7 Å². The van der Waals surface area contributed by atoms with Gasteiger partial charge in [-0.1, -0.05) is 48.5 Å². The number of rotatable bonds is 7. The number of fused-ring (bicyclic) bond motifs is 1. The summed E-state index contributed by atoms with van der Waals surface area (Å²) in [6.07, 6.45) is 4.04. The quantitative estimate of drug-likeness (QED) is 0.324. The minimum absolute atomic E-state index is 0.765. The average Bonchev–Trinajstić information content (AvgIpc) is 3.29. The molecule has 1 aliphatic rings. The summed E-state index contributed by atoms with van der Waals surface area (Å²) in [5.74, 6) is 1.78. The van der Waals surface area contributed by atoms with E-state index in [1.807, 2.05) is 23.0 Å². The molecule has 0 aliphatic carbocycles. The summed E-state index contributed by atoms with van der Waals surface area (Å²) < 4.78 is 7.47. The lowest BCUT2D eigenvalue weighted by atomic mass is 10.1. The average molecular weight is 432 g/mol. The number of hydrogen-bond acceptors (Lipinski definition) is 6. The first-order valence-corrected chi connectivity index (χ1v) is 11.6. The fourth-order valence-corrected chi connectivity index (χ4v) is 4.70. The summed E-state index contributed by atoms with van der Waals surface area (Å²) in [4.78, 5) is 12.1. The molecular weight excluding hydrogens is 406 g/mol. The Bertz CT molecular complexity index is 1140. The highest BCUT2D eigenvalue weighted by atomic mass is 32.2. The van der Waals surface area contributed by atoms with Gasteiger partial charge in [0.15, 0.2) is 0 Å². The van der Waals surface area contributed by atoms with Crippen LogP contribution in [0.1, 0.15) is 5.82 Å². The Hall–Kier alpha value is -2.74. The molecule has 1 fully saturated rings. The third-order valence-corrected chi connectivity index (χ3v) is 6.35. The predicted octanol–water partition coefficient (Wildman–Crippen LogP) is 4.12. The van der Waals surface area contributed by atoms with Gasteiger partial charge in [0.2, 0.25) is 0 Å². The van der Waals surface area contributed by atoms with Crippen LogP contribution in [0.2, 0.25) is 0 Å². The van der Waals surface area contributed by atoms with Gasteiger partial charge in [0.1, 0.15) is 10.9 Å². The molecule has 6 nitrogen and oxygen atoms in total. The number of aryl methyl sites for hydroxylation is 1. The Balaban J connectivity index is 1.29. The van der Waals surface area contributed by atoms with Crippen LogP contribution in [0.15, 0.2) is 72.0 Å². The molecule has 31 heavy (non-hydrogen) atoms. The summed E-state index contributed by atoms with van der Waals surface area (Å²) in [7, 11) is 0. The van der Waals surface area contributed by atoms with Gasteiger partial charge in [-0.3, -0.25) is 9.58 Å². The van der Waals surface area contributed by atoms with Gasteiger partial charge < -0.3 is 4.74 Å². The maximum absolute atomic E-state index is 5.46. The normalized spacial score (nSPS) is 14.8. The summed E-state index contributed by atoms with van der Waals surface area (Å²) in [5.41, 5.74) is 3.34. The van der Waals surface area contributed by atoms with Crippen molar-refractivity contribution in [2.24, 2.45) is 0 Å². The van der Waals surface area contributed by atoms with Crippen molar-refractivity contribution in [2.75, 3.05) is 32.1 Å². The monoisotopic (exact) mass is 431 g/mol. The third-order valence-electron chi connectivity index (χ3n) is 5.38. The highest BCUT2D eigenvalue weighted by Crippen LogP contribution is 2.26. The summed E-state index contributed by atoms with van der Waals surface area (Å²) in [5, 5.41) is 6.69. The zero-order chi connectivity index (χ0) is 20.9. The minimum atomic E-state index is 0.765. The number of aromatic nitrogens is 4. The Labute approximate surface area is 186 Å². The topological polar surface area (TPSA) is 56.1 Å². The van der Waals surface area contributed by atoms with Gasteiger partial charge in [0.25, 0.3) is 0 Å². The molecule has 2 aromatic heterocycles. The highest BCUT2D eigenvalue weighted by Gasteiger charge is 2.14. The molecule has 0 spiro atoms. The fraction of sp³-hybridized carbons (Fsp3) is 0.292. The van der Waals surface area contributed by atoms with Gasteiger partial charge in [0.05, 0.1) is 38.0 Å². The molecule has 1 saturated heterocycles. The zero-order valence-corrected chi connectivity index (χ0v) is 18.2. The molecule has 0 radical (unpaired) electrons. The molecule has 3 heterocycles. The van der Waals surface area contributed by atoms with Crippen LogP contribution in [0.5, 0.6) is 0 Å². The Morgan fingerprint density at radius 1 is 0.903 bits per heavy atom. The number of nitrogens with zero attached hydrogens (tertiary/aromatic N) is 5. The van der Waals surface area contributed by atoms with Crippen LogP contribution in [0, 0.1) is 0 Å². The lowest BCUT2D eigenvalue weighted by Gasteiger charge is -2.25. The van der Waals surface area contributed by atoms with E-state index in [1.54, 1.807) is 11.8 Å². The lowest BCUT2D eigenvalue weighted by molar-refractivity contribution is 0.0330. The standard InChI is InChI=1S/C24H25N5OS/c1-2-6-19(7-3-1)20-16-25-29(17-20)12-15-31-24-21-8-4-5-9-22(21)26-23(27-24)18-28-10-13-30-14-11-28/h1-9,16-17H,10-15,18H2. The molecular formula is C24H25N5OS. The van der Waals surface area contributed by atoms with Crippen LogP contribution in [0.25, 0.3) is 22.0 Å². The first kappa shape index (κ1) is 20.2. The SMILES string of the molecule is c1ccc(-c2cnn(CCSc3nc(CN4CCOCC4)nc4ccccc34)c2)cc1. The first-order chi connectivity index (χ1) is 15.3. The number of ether oxygens (including phenoxy) is 1. The molecule has 0 bridgehead atoms. The Morgan fingerprint density at radius 3 is 2.58 bits per heavy atom. The second-order valence-electron chi connectivity index (χ2n) is 7.56. The van der Waals surface area contributed by atoms with E-state index in [0.29, 0.717) is 0 Å². The fourth-order valence-electron chi connectivity index (χ4n) is 3.73. The summed E-state index contributed by atoms with van der Waals surface area (Å²) in [6.45, 7) is 5.02. The second kappa shape index (κ2) is 9.60. The maximum atomic E-state index is 5.46. The van der Waals surface area contributed by atoms with Crippen molar-refractivity contribution >= 4 is 22.7 Å². The highest BCUT2D eigenvalue weighted by molar-refractivity contribution is 7.99. The summed E-state index contributed by atoms with van der Waals surface area (Å²) >= 11 is 1.77. The van der Waals surface area contributed by atoms with E-state index in [-0.39, 0.29) is 0 Å². The Morgan fingerprint density at radius 2 is 1.71 bits per heavy atom. The van der Waals surface area contributed by atoms with E-state index < -0.39 is 0 Å². The Kier molecular flexibility index (Phi) is 6.25. The van der Waals surface area contributed by atoms with Crippen molar-refractivity contribution in [3.63, 3.8) is 0 Å². The molecule has 7 heteroatoms. The molecule has 1 aliphatic heterocycles. The maximum Gasteiger partial charge on any atom is 0.144 e. The molecule has 0 N–H and O–H groups in total. The molecule has 0 amide bonds. The van der Waals surface area contributed by atoms with E-state index in [2.05, 4.69) is 58.7 Å². The van der Waals surface area contributed by atoms with Crippen molar-refractivity contribution < 1.29 is 4.74 Å². The van der Waals surface area contributed by atoms with Crippen molar-refractivity contribution in [2.45, 2.75) is 18.1 Å². The van der Waals surface area contributed by atoms with Crippen molar-refractivity contribution in [3.8, 4) is 11.1 Å². The first-order valence-electron chi connectivity index (χ1n) is 10.6. The van der Waals surface area contributed by atoms with Crippen molar-refractivity contribution in [1.29, 1.82) is 0 Å². The van der Waals surface area contributed by atoms with Crippen LogP contribution in [-0.2, 0) is 17.8 Å². The van der Waals surface area contributed by atoms with Crippen LogP contribution in [-0.4, -0.2) is 56.7 Å². The number of benzene rings is 2. The van der Waals surface area contributed by atoms with Gasteiger partial charge in [-0.2, -0.15) is 5.10 Å². The van der Waals surface area contributed by atoms with Gasteiger partial charge in [0, 0.05) is 36.0 Å². The largest absolute Gasteiger partial charge is 0.379 e. The number of morpholine rings is 1. The zero-order valence-electron chi connectivity index (χ0n) is 17.4. The number of thioether (sulfide) groups is 1. The van der Waals surface area contributed by atoms with Crippen LogP contribution < -0.4 is 0 Å². The lowest BCUT2D eigenvalue weighted by Crippen LogP contribution is -2.36. The third kappa shape index (κ3) is 4.95. The molecule has 5 rings (SSSR count). The molecule has 2 aromatic carbocycles. The van der Waals surface area contributed by atoms with Gasteiger partial charge in [-0.05, 0) is 11.6 Å². The second-order valence-corrected chi connectivity index (χ2v) is 8.64. The van der Waals surface area contributed by atoms with Gasteiger partial charge in [-0.15, -0.1) is 11.8 Å². The van der Waals surface area contributed by atoms with E-state index >= 15 is 0 Å². The van der Waals surface area contributed by atoms with Crippen molar-refractivity contribution in [3.05, 3.63) is 72.8 Å². The van der Waals surface area contributed by atoms with E-state index in [9.17, 15) is 0 Å². The van der Waals surface area contributed by atoms with E-state index in [1.165, 1.54) is 5.56 Å². The van der Waals surface area contributed by atoms with Crippen LogP contribution in [0.3, 0.4) is 0 Å². The van der Waals surface area contributed by atoms with Gasteiger partial charge >= 0.3 is 0 Å². The van der Waals surface area contributed by atoms with Crippen LogP contribution in [0.4, 0.5) is 0 Å². The molecule has 158 valence electrons. The smallest absolute Gasteiger partial charge is 0.144 e. The number of hydrogen-bond donors (Lipinski definition) is 0. The number of para-hydroxylation sites is 1. The molecule has 0 saturated carbocycles. The van der Waals surface area contributed by atoms with Crippen molar-refractivity contribution in [1.82, 2.24) is 24.6 Å². The molecule has 0 atom stereocenters. The molecule has 0 unspecified atom stereocenters. The van der Waals surface area contributed by atoms with Crippen LogP contribution >= 0.6 is 11.8 Å². The molecule has 4 aromatic rings. The van der Waals surface area contributed by atoms with E-state index in [0.717, 1.165) is 72.5 Å². The predicted molar refractivity (Wildman–Crippen MR) is 124 cm³/mol. The van der Waals surface area contributed by atoms with Gasteiger partial charge in [-0.25, -0.2) is 9.97 Å². The minimum Gasteiger partial charge on any atom is -0.379 e.